The lowest BCUT2D eigenvalue weighted by Gasteiger charge is -2.24. The molecule has 108 valence electrons. The van der Waals surface area contributed by atoms with E-state index in [4.69, 9.17) is 0 Å². The summed E-state index contributed by atoms with van der Waals surface area (Å²) >= 11 is 1.49. The molecule has 6 heteroatoms. The Morgan fingerprint density at radius 3 is 2.95 bits per heavy atom. The molecular formula is C15H16N4OS. The van der Waals surface area contributed by atoms with E-state index in [-0.39, 0.29) is 5.56 Å². The second-order valence-electron chi connectivity index (χ2n) is 5.62. The van der Waals surface area contributed by atoms with Crippen molar-refractivity contribution >= 4 is 21.4 Å². The van der Waals surface area contributed by atoms with Crippen molar-refractivity contribution in [2.45, 2.75) is 31.7 Å². The largest absolute Gasteiger partial charge is 0.316 e. The molecule has 1 saturated carbocycles. The van der Waals surface area contributed by atoms with E-state index < -0.39 is 0 Å². The zero-order valence-electron chi connectivity index (χ0n) is 11.8. The number of nitrogens with zero attached hydrogens (tertiary/aromatic N) is 4. The maximum absolute atomic E-state index is 12.4. The van der Waals surface area contributed by atoms with E-state index in [1.54, 1.807) is 4.57 Å². The molecule has 3 heterocycles. The van der Waals surface area contributed by atoms with Crippen LogP contribution in [0.4, 0.5) is 0 Å². The van der Waals surface area contributed by atoms with Gasteiger partial charge in [-0.2, -0.15) is 0 Å². The summed E-state index contributed by atoms with van der Waals surface area (Å²) in [7, 11) is 2.00. The highest BCUT2D eigenvalue weighted by molar-refractivity contribution is 7.17. The first kappa shape index (κ1) is 12.8. The van der Waals surface area contributed by atoms with Crippen LogP contribution in [0.25, 0.3) is 10.1 Å². The number of fused-ring (bicyclic) bond motifs is 1. The fourth-order valence-electron chi connectivity index (χ4n) is 2.80. The van der Waals surface area contributed by atoms with Crippen molar-refractivity contribution in [2.24, 2.45) is 7.05 Å². The van der Waals surface area contributed by atoms with E-state index in [1.165, 1.54) is 30.6 Å². The van der Waals surface area contributed by atoms with E-state index in [2.05, 4.69) is 14.8 Å². The minimum atomic E-state index is 0.0516. The summed E-state index contributed by atoms with van der Waals surface area (Å²) in [5, 5.41) is 11.6. The van der Waals surface area contributed by atoms with Gasteiger partial charge >= 0.3 is 0 Å². The fraction of sp³-hybridized carbons (Fsp3) is 0.400. The Bertz CT molecular complexity index is 856. The Labute approximate surface area is 125 Å². The predicted molar refractivity (Wildman–Crippen MR) is 82.8 cm³/mol. The van der Waals surface area contributed by atoms with E-state index in [9.17, 15) is 4.79 Å². The predicted octanol–water partition coefficient (Wildman–Crippen LogP) is 2.51. The first-order valence-electron chi connectivity index (χ1n) is 7.19. The molecule has 1 aliphatic carbocycles. The van der Waals surface area contributed by atoms with Crippen LogP contribution in [0.2, 0.25) is 0 Å². The summed E-state index contributed by atoms with van der Waals surface area (Å²) < 4.78 is 4.57. The standard InChI is InChI=1S/C15H16N4OS/c1-18-12(16-17-14(18)11-3-2-4-11)9-19-7-5-10-6-8-21-13(10)15(19)20/h5-8,11H,2-4,9H2,1H3. The molecule has 0 amide bonds. The third kappa shape index (κ3) is 2.01. The van der Waals surface area contributed by atoms with Gasteiger partial charge in [-0.25, -0.2) is 0 Å². The third-order valence-electron chi connectivity index (χ3n) is 4.37. The lowest BCUT2D eigenvalue weighted by molar-refractivity contribution is 0.391. The van der Waals surface area contributed by atoms with Gasteiger partial charge in [-0.3, -0.25) is 4.79 Å². The molecule has 0 bridgehead atoms. The van der Waals surface area contributed by atoms with Crippen molar-refractivity contribution in [3.63, 3.8) is 0 Å². The van der Waals surface area contributed by atoms with Gasteiger partial charge in [-0.1, -0.05) is 6.42 Å². The SMILES string of the molecule is Cn1c(Cn2ccc3ccsc3c2=O)nnc1C1CCC1. The van der Waals surface area contributed by atoms with Crippen LogP contribution in [-0.2, 0) is 13.6 Å². The van der Waals surface area contributed by atoms with Gasteiger partial charge in [0.15, 0.2) is 5.82 Å². The van der Waals surface area contributed by atoms with Crippen LogP contribution in [-0.4, -0.2) is 19.3 Å². The van der Waals surface area contributed by atoms with Gasteiger partial charge in [0.2, 0.25) is 0 Å². The fourth-order valence-corrected chi connectivity index (χ4v) is 3.65. The van der Waals surface area contributed by atoms with Gasteiger partial charge < -0.3 is 9.13 Å². The van der Waals surface area contributed by atoms with Gasteiger partial charge in [0.25, 0.3) is 5.56 Å². The molecule has 0 aromatic carbocycles. The smallest absolute Gasteiger partial charge is 0.268 e. The Balaban J connectivity index is 1.69. The normalized spacial score (nSPS) is 15.5. The number of thiophene rings is 1. The first-order valence-corrected chi connectivity index (χ1v) is 8.07. The van der Waals surface area contributed by atoms with Crippen LogP contribution in [0.15, 0.2) is 28.5 Å². The second-order valence-corrected chi connectivity index (χ2v) is 6.53. The average Bonchev–Trinajstić information content (AvgIpc) is 3.02. The molecule has 3 aromatic heterocycles. The zero-order valence-corrected chi connectivity index (χ0v) is 12.6. The Morgan fingerprint density at radius 2 is 2.19 bits per heavy atom. The lowest BCUT2D eigenvalue weighted by atomic mass is 9.85. The second kappa shape index (κ2) is 4.80. The van der Waals surface area contributed by atoms with Crippen molar-refractivity contribution in [3.05, 3.63) is 45.7 Å². The van der Waals surface area contributed by atoms with Crippen LogP contribution in [0.3, 0.4) is 0 Å². The van der Waals surface area contributed by atoms with Crippen molar-refractivity contribution in [2.75, 3.05) is 0 Å². The van der Waals surface area contributed by atoms with E-state index in [0.717, 1.165) is 21.7 Å². The third-order valence-corrected chi connectivity index (χ3v) is 5.28. The Hall–Kier alpha value is -1.95. The van der Waals surface area contributed by atoms with Crippen molar-refractivity contribution in [3.8, 4) is 0 Å². The molecule has 0 unspecified atom stereocenters. The topological polar surface area (TPSA) is 52.7 Å². The van der Waals surface area contributed by atoms with Crippen LogP contribution in [0.1, 0.15) is 36.8 Å². The summed E-state index contributed by atoms with van der Waals surface area (Å²) in [5.41, 5.74) is 0.0516. The van der Waals surface area contributed by atoms with Crippen LogP contribution >= 0.6 is 11.3 Å². The minimum absolute atomic E-state index is 0.0516. The molecular weight excluding hydrogens is 284 g/mol. The molecule has 0 atom stereocenters. The molecule has 1 aliphatic rings. The van der Waals surface area contributed by atoms with Crippen molar-refractivity contribution in [1.29, 1.82) is 0 Å². The summed E-state index contributed by atoms with van der Waals surface area (Å²) in [5.74, 6) is 2.45. The molecule has 1 fully saturated rings. The molecule has 5 nitrogen and oxygen atoms in total. The molecule has 0 N–H and O–H groups in total. The molecule has 0 radical (unpaired) electrons. The summed E-state index contributed by atoms with van der Waals surface area (Å²) in [6.07, 6.45) is 5.52. The Morgan fingerprint density at radius 1 is 1.33 bits per heavy atom. The van der Waals surface area contributed by atoms with E-state index in [1.807, 2.05) is 30.8 Å². The van der Waals surface area contributed by atoms with Gasteiger partial charge in [-0.15, -0.1) is 21.5 Å². The Kier molecular flexibility index (Phi) is 2.92. The molecule has 0 aliphatic heterocycles. The number of rotatable bonds is 3. The first-order chi connectivity index (χ1) is 10.2. The zero-order chi connectivity index (χ0) is 14.4. The number of hydrogen-bond acceptors (Lipinski definition) is 4. The highest BCUT2D eigenvalue weighted by atomic mass is 32.1. The van der Waals surface area contributed by atoms with Crippen LogP contribution < -0.4 is 5.56 Å². The van der Waals surface area contributed by atoms with Crippen molar-refractivity contribution in [1.82, 2.24) is 19.3 Å². The van der Waals surface area contributed by atoms with Gasteiger partial charge in [0.05, 0.1) is 11.2 Å². The summed E-state index contributed by atoms with van der Waals surface area (Å²) in [4.78, 5) is 12.4. The quantitative estimate of drug-likeness (QED) is 0.747. The van der Waals surface area contributed by atoms with E-state index in [0.29, 0.717) is 12.5 Å². The van der Waals surface area contributed by atoms with Crippen molar-refractivity contribution < 1.29 is 0 Å². The maximum Gasteiger partial charge on any atom is 0.268 e. The minimum Gasteiger partial charge on any atom is -0.316 e. The molecule has 21 heavy (non-hydrogen) atoms. The van der Waals surface area contributed by atoms with Gasteiger partial charge in [-0.05, 0) is 35.7 Å². The van der Waals surface area contributed by atoms with Crippen LogP contribution in [0, 0.1) is 0 Å². The highest BCUT2D eigenvalue weighted by Gasteiger charge is 2.25. The molecule has 0 spiro atoms. The van der Waals surface area contributed by atoms with Gasteiger partial charge in [0.1, 0.15) is 5.82 Å². The highest BCUT2D eigenvalue weighted by Crippen LogP contribution is 2.35. The average molecular weight is 300 g/mol. The molecule has 4 rings (SSSR count). The number of aromatic nitrogens is 4. The summed E-state index contributed by atoms with van der Waals surface area (Å²) in [6.45, 7) is 0.475. The van der Waals surface area contributed by atoms with Gasteiger partial charge in [0, 0.05) is 19.2 Å². The monoisotopic (exact) mass is 300 g/mol. The van der Waals surface area contributed by atoms with Crippen LogP contribution in [0.5, 0.6) is 0 Å². The lowest BCUT2D eigenvalue weighted by Crippen LogP contribution is -2.21. The molecule has 0 saturated heterocycles. The summed E-state index contributed by atoms with van der Waals surface area (Å²) in [6, 6.07) is 3.96. The van der Waals surface area contributed by atoms with E-state index >= 15 is 0 Å². The number of pyridine rings is 1. The molecule has 3 aromatic rings. The number of hydrogen-bond donors (Lipinski definition) is 0. The maximum atomic E-state index is 12.4.